The standard InChI is InChI=1S/C12H24N6.HI/c1-5-10(6-2)7-14-12(13-3)15-8-11-16-9-17-18(11)4;/h9-10H,5-8H2,1-4H3,(H2,13,14,15);1H. The smallest absolute Gasteiger partial charge is 0.191 e. The third kappa shape index (κ3) is 6.22. The highest BCUT2D eigenvalue weighted by molar-refractivity contribution is 14.0. The van der Waals surface area contributed by atoms with Crippen LogP contribution in [0.2, 0.25) is 0 Å². The molecule has 6 nitrogen and oxygen atoms in total. The van der Waals surface area contributed by atoms with E-state index in [1.807, 2.05) is 7.05 Å². The van der Waals surface area contributed by atoms with Gasteiger partial charge in [-0.25, -0.2) is 4.98 Å². The maximum atomic E-state index is 4.19. The van der Waals surface area contributed by atoms with Crippen LogP contribution in [0.4, 0.5) is 0 Å². The Morgan fingerprint density at radius 1 is 1.37 bits per heavy atom. The Morgan fingerprint density at radius 3 is 2.53 bits per heavy atom. The number of aromatic nitrogens is 3. The van der Waals surface area contributed by atoms with Crippen LogP contribution >= 0.6 is 24.0 Å². The number of rotatable bonds is 6. The molecule has 2 N–H and O–H groups in total. The first-order valence-electron chi connectivity index (χ1n) is 6.48. The molecule has 0 amide bonds. The van der Waals surface area contributed by atoms with E-state index in [1.165, 1.54) is 12.8 Å². The van der Waals surface area contributed by atoms with Gasteiger partial charge in [-0.05, 0) is 5.92 Å². The molecule has 0 bridgehead atoms. The zero-order chi connectivity index (χ0) is 13.4. The van der Waals surface area contributed by atoms with Gasteiger partial charge < -0.3 is 10.6 Å². The molecule has 19 heavy (non-hydrogen) atoms. The van der Waals surface area contributed by atoms with Crippen LogP contribution in [0.3, 0.4) is 0 Å². The number of hydrogen-bond acceptors (Lipinski definition) is 3. The van der Waals surface area contributed by atoms with Crippen molar-refractivity contribution in [2.24, 2.45) is 18.0 Å². The Labute approximate surface area is 132 Å². The average molecular weight is 380 g/mol. The average Bonchev–Trinajstić information content (AvgIpc) is 2.80. The van der Waals surface area contributed by atoms with E-state index >= 15 is 0 Å². The molecule has 0 aliphatic rings. The fraction of sp³-hybridized carbons (Fsp3) is 0.750. The molecular formula is C12H25IN6. The minimum absolute atomic E-state index is 0. The molecule has 1 aromatic rings. The minimum atomic E-state index is 0. The lowest BCUT2D eigenvalue weighted by molar-refractivity contribution is 0.481. The summed E-state index contributed by atoms with van der Waals surface area (Å²) in [6.07, 6.45) is 3.92. The molecule has 0 fully saturated rings. The first-order chi connectivity index (χ1) is 8.71. The molecule has 1 aromatic heterocycles. The Bertz CT molecular complexity index is 372. The van der Waals surface area contributed by atoms with Gasteiger partial charge in [0.2, 0.25) is 0 Å². The summed E-state index contributed by atoms with van der Waals surface area (Å²) in [4.78, 5) is 8.35. The quantitative estimate of drug-likeness (QED) is 0.446. The van der Waals surface area contributed by atoms with Crippen molar-refractivity contribution >= 4 is 29.9 Å². The second kappa shape index (κ2) is 9.99. The predicted molar refractivity (Wildman–Crippen MR) is 88.7 cm³/mol. The zero-order valence-corrected chi connectivity index (χ0v) is 14.5. The third-order valence-electron chi connectivity index (χ3n) is 3.16. The monoisotopic (exact) mass is 380 g/mol. The number of halogens is 1. The summed E-state index contributed by atoms with van der Waals surface area (Å²) < 4.78 is 1.75. The summed E-state index contributed by atoms with van der Waals surface area (Å²) in [7, 11) is 3.66. The molecule has 0 aliphatic carbocycles. The van der Waals surface area contributed by atoms with E-state index in [2.05, 4.69) is 39.6 Å². The molecule has 0 atom stereocenters. The van der Waals surface area contributed by atoms with Crippen molar-refractivity contribution in [3.63, 3.8) is 0 Å². The van der Waals surface area contributed by atoms with Crippen molar-refractivity contribution in [1.82, 2.24) is 25.4 Å². The lowest BCUT2D eigenvalue weighted by Gasteiger charge is -2.16. The lowest BCUT2D eigenvalue weighted by Crippen LogP contribution is -2.39. The molecule has 0 aliphatic heterocycles. The van der Waals surface area contributed by atoms with Crippen molar-refractivity contribution in [3.05, 3.63) is 12.2 Å². The Balaban J connectivity index is 0.00000324. The van der Waals surface area contributed by atoms with Gasteiger partial charge in [0.05, 0.1) is 6.54 Å². The zero-order valence-electron chi connectivity index (χ0n) is 12.2. The molecule has 7 heteroatoms. The Kier molecular flexibility index (Phi) is 9.54. The highest BCUT2D eigenvalue weighted by Gasteiger charge is 2.06. The summed E-state index contributed by atoms with van der Waals surface area (Å²) in [5.74, 6) is 2.39. The molecular weight excluding hydrogens is 355 g/mol. The highest BCUT2D eigenvalue weighted by Crippen LogP contribution is 2.04. The van der Waals surface area contributed by atoms with Crippen molar-refractivity contribution in [3.8, 4) is 0 Å². The highest BCUT2D eigenvalue weighted by atomic mass is 127. The number of hydrogen-bond donors (Lipinski definition) is 2. The lowest BCUT2D eigenvalue weighted by atomic mass is 10.0. The molecule has 0 radical (unpaired) electrons. The summed E-state index contributed by atoms with van der Waals surface area (Å²) in [6, 6.07) is 0. The van der Waals surface area contributed by atoms with Crippen LogP contribution < -0.4 is 10.6 Å². The van der Waals surface area contributed by atoms with Gasteiger partial charge in [0.1, 0.15) is 12.2 Å². The molecule has 1 rings (SSSR count). The van der Waals surface area contributed by atoms with Crippen LogP contribution in [0, 0.1) is 5.92 Å². The topological polar surface area (TPSA) is 67.1 Å². The van der Waals surface area contributed by atoms with Gasteiger partial charge in [-0.1, -0.05) is 26.7 Å². The number of aliphatic imine (C=N–C) groups is 1. The van der Waals surface area contributed by atoms with Gasteiger partial charge in [-0.2, -0.15) is 5.10 Å². The second-order valence-electron chi connectivity index (χ2n) is 4.29. The van der Waals surface area contributed by atoms with E-state index in [9.17, 15) is 0 Å². The van der Waals surface area contributed by atoms with Crippen molar-refractivity contribution in [1.29, 1.82) is 0 Å². The second-order valence-corrected chi connectivity index (χ2v) is 4.29. The fourth-order valence-corrected chi connectivity index (χ4v) is 1.68. The largest absolute Gasteiger partial charge is 0.356 e. The molecule has 0 saturated heterocycles. The van der Waals surface area contributed by atoms with Gasteiger partial charge >= 0.3 is 0 Å². The number of aryl methyl sites for hydroxylation is 1. The van der Waals surface area contributed by atoms with E-state index in [4.69, 9.17) is 0 Å². The molecule has 110 valence electrons. The van der Waals surface area contributed by atoms with Crippen LogP contribution in [-0.2, 0) is 13.6 Å². The van der Waals surface area contributed by atoms with Crippen molar-refractivity contribution in [2.45, 2.75) is 33.2 Å². The molecule has 0 spiro atoms. The van der Waals surface area contributed by atoms with E-state index < -0.39 is 0 Å². The van der Waals surface area contributed by atoms with Crippen LogP contribution in [0.5, 0.6) is 0 Å². The first kappa shape index (κ1) is 18.1. The van der Waals surface area contributed by atoms with Crippen LogP contribution in [0.25, 0.3) is 0 Å². The van der Waals surface area contributed by atoms with E-state index in [-0.39, 0.29) is 24.0 Å². The number of nitrogens with zero attached hydrogens (tertiary/aromatic N) is 4. The predicted octanol–water partition coefficient (Wildman–Crippen LogP) is 1.53. The fourth-order valence-electron chi connectivity index (χ4n) is 1.68. The number of guanidine groups is 1. The van der Waals surface area contributed by atoms with Gasteiger partial charge in [-0.15, -0.1) is 24.0 Å². The summed E-state index contributed by atoms with van der Waals surface area (Å²) in [5.41, 5.74) is 0. The van der Waals surface area contributed by atoms with E-state index in [0.717, 1.165) is 18.3 Å². The molecule has 0 aromatic carbocycles. The molecule has 0 saturated carbocycles. The minimum Gasteiger partial charge on any atom is -0.356 e. The molecule has 0 unspecified atom stereocenters. The first-order valence-corrected chi connectivity index (χ1v) is 6.48. The van der Waals surface area contributed by atoms with Crippen LogP contribution in [0.1, 0.15) is 32.5 Å². The van der Waals surface area contributed by atoms with Crippen molar-refractivity contribution < 1.29 is 0 Å². The number of nitrogens with one attached hydrogen (secondary N) is 2. The Hall–Kier alpha value is -0.860. The third-order valence-corrected chi connectivity index (χ3v) is 3.16. The van der Waals surface area contributed by atoms with E-state index in [0.29, 0.717) is 12.5 Å². The summed E-state index contributed by atoms with van der Waals surface area (Å²) >= 11 is 0. The van der Waals surface area contributed by atoms with Crippen molar-refractivity contribution in [2.75, 3.05) is 13.6 Å². The Morgan fingerprint density at radius 2 is 2.05 bits per heavy atom. The van der Waals surface area contributed by atoms with Gasteiger partial charge in [0.25, 0.3) is 0 Å². The van der Waals surface area contributed by atoms with Gasteiger partial charge in [0.15, 0.2) is 5.96 Å². The SMILES string of the molecule is CCC(CC)CNC(=NC)NCc1ncnn1C.I. The van der Waals surface area contributed by atoms with Crippen LogP contribution in [0.15, 0.2) is 11.3 Å². The van der Waals surface area contributed by atoms with Gasteiger partial charge in [0, 0.05) is 20.6 Å². The van der Waals surface area contributed by atoms with E-state index in [1.54, 1.807) is 18.1 Å². The molecule has 1 heterocycles. The maximum Gasteiger partial charge on any atom is 0.191 e. The maximum absolute atomic E-state index is 4.19. The normalized spacial score (nSPS) is 11.3. The van der Waals surface area contributed by atoms with Gasteiger partial charge in [-0.3, -0.25) is 9.67 Å². The summed E-state index contributed by atoms with van der Waals surface area (Å²) in [6.45, 7) is 6.00. The summed E-state index contributed by atoms with van der Waals surface area (Å²) in [5, 5.41) is 10.6. The van der Waals surface area contributed by atoms with Crippen LogP contribution in [-0.4, -0.2) is 34.3 Å².